The maximum Gasteiger partial charge on any atom is 0.255 e. The van der Waals surface area contributed by atoms with Crippen LogP contribution in [-0.4, -0.2) is 10.9 Å². The SMILES string of the molecule is Cc1cc(C(=O)Nc2cc(N)c(F)cc2F)ccn1. The number of benzene rings is 1. The highest BCUT2D eigenvalue weighted by molar-refractivity contribution is 6.04. The van der Waals surface area contributed by atoms with E-state index in [0.29, 0.717) is 17.3 Å². The number of carbonyl (C=O) groups is 1. The number of hydrogen-bond acceptors (Lipinski definition) is 3. The van der Waals surface area contributed by atoms with Gasteiger partial charge in [-0.25, -0.2) is 8.78 Å². The van der Waals surface area contributed by atoms with E-state index in [1.807, 2.05) is 0 Å². The average molecular weight is 263 g/mol. The van der Waals surface area contributed by atoms with E-state index >= 15 is 0 Å². The van der Waals surface area contributed by atoms with Crippen LogP contribution in [0.4, 0.5) is 20.2 Å². The van der Waals surface area contributed by atoms with Crippen LogP contribution in [0.25, 0.3) is 0 Å². The van der Waals surface area contributed by atoms with E-state index in [-0.39, 0.29) is 11.4 Å². The molecule has 98 valence electrons. The van der Waals surface area contributed by atoms with Crippen LogP contribution < -0.4 is 11.1 Å². The monoisotopic (exact) mass is 263 g/mol. The fourth-order valence-corrected chi connectivity index (χ4v) is 1.54. The van der Waals surface area contributed by atoms with Gasteiger partial charge in [0, 0.05) is 23.5 Å². The molecule has 0 saturated carbocycles. The molecule has 3 N–H and O–H groups in total. The molecule has 0 atom stereocenters. The fourth-order valence-electron chi connectivity index (χ4n) is 1.54. The van der Waals surface area contributed by atoms with Crippen molar-refractivity contribution in [1.29, 1.82) is 0 Å². The minimum atomic E-state index is -0.883. The second-order valence-electron chi connectivity index (χ2n) is 3.99. The molecule has 0 radical (unpaired) electrons. The molecule has 1 aromatic carbocycles. The molecule has 19 heavy (non-hydrogen) atoms. The average Bonchev–Trinajstić information content (AvgIpc) is 2.36. The first-order valence-electron chi connectivity index (χ1n) is 5.46. The van der Waals surface area contributed by atoms with Crippen molar-refractivity contribution in [2.45, 2.75) is 6.92 Å². The van der Waals surface area contributed by atoms with Gasteiger partial charge in [-0.05, 0) is 25.1 Å². The number of nitrogens with one attached hydrogen (secondary N) is 1. The molecule has 0 aliphatic carbocycles. The van der Waals surface area contributed by atoms with Gasteiger partial charge >= 0.3 is 0 Å². The third-order valence-electron chi connectivity index (χ3n) is 2.49. The molecule has 6 heteroatoms. The molecule has 1 heterocycles. The van der Waals surface area contributed by atoms with Gasteiger partial charge in [-0.2, -0.15) is 0 Å². The number of nitrogen functional groups attached to an aromatic ring is 1. The van der Waals surface area contributed by atoms with Gasteiger partial charge in [0.2, 0.25) is 0 Å². The van der Waals surface area contributed by atoms with E-state index in [4.69, 9.17) is 5.73 Å². The Morgan fingerprint density at radius 2 is 2.00 bits per heavy atom. The molecule has 2 rings (SSSR count). The molecule has 0 fully saturated rings. The zero-order valence-corrected chi connectivity index (χ0v) is 10.1. The zero-order valence-electron chi connectivity index (χ0n) is 10.1. The molecule has 1 aromatic heterocycles. The van der Waals surface area contributed by atoms with E-state index in [2.05, 4.69) is 10.3 Å². The number of halogens is 2. The van der Waals surface area contributed by atoms with E-state index < -0.39 is 17.5 Å². The molecule has 0 aliphatic rings. The van der Waals surface area contributed by atoms with Crippen molar-refractivity contribution < 1.29 is 13.6 Å². The lowest BCUT2D eigenvalue weighted by atomic mass is 10.2. The van der Waals surface area contributed by atoms with Crippen molar-refractivity contribution in [2.75, 3.05) is 11.1 Å². The van der Waals surface area contributed by atoms with Crippen molar-refractivity contribution in [2.24, 2.45) is 0 Å². The molecule has 0 aliphatic heterocycles. The van der Waals surface area contributed by atoms with Crippen molar-refractivity contribution in [3.8, 4) is 0 Å². The maximum absolute atomic E-state index is 13.5. The molecule has 0 unspecified atom stereocenters. The molecule has 1 amide bonds. The van der Waals surface area contributed by atoms with Crippen LogP contribution in [-0.2, 0) is 0 Å². The second kappa shape index (κ2) is 5.01. The Balaban J connectivity index is 2.27. The Bertz CT molecular complexity index is 644. The Kier molecular flexibility index (Phi) is 3.41. The number of rotatable bonds is 2. The number of aryl methyl sites for hydroxylation is 1. The normalized spacial score (nSPS) is 10.3. The van der Waals surface area contributed by atoms with Crippen LogP contribution >= 0.6 is 0 Å². The number of anilines is 2. The topological polar surface area (TPSA) is 68.0 Å². The molecule has 2 aromatic rings. The molecular formula is C13H11F2N3O. The summed E-state index contributed by atoms with van der Waals surface area (Å²) in [6.45, 7) is 1.73. The first kappa shape index (κ1) is 12.9. The van der Waals surface area contributed by atoms with Gasteiger partial charge in [0.05, 0.1) is 11.4 Å². The Hall–Kier alpha value is -2.50. The van der Waals surface area contributed by atoms with Crippen LogP contribution in [0.1, 0.15) is 16.1 Å². The van der Waals surface area contributed by atoms with Crippen LogP contribution in [0, 0.1) is 18.6 Å². The Labute approximate surface area is 108 Å². The molecule has 4 nitrogen and oxygen atoms in total. The largest absolute Gasteiger partial charge is 0.396 e. The van der Waals surface area contributed by atoms with E-state index in [0.717, 1.165) is 6.07 Å². The fraction of sp³-hybridized carbons (Fsp3) is 0.0769. The number of pyridine rings is 1. The number of nitrogens with two attached hydrogens (primary N) is 1. The van der Waals surface area contributed by atoms with Crippen molar-refractivity contribution >= 4 is 17.3 Å². The standard InChI is InChI=1S/C13H11F2N3O/c1-7-4-8(2-3-17-7)13(19)18-12-6-11(16)9(14)5-10(12)15/h2-6H,16H2,1H3,(H,18,19). The van der Waals surface area contributed by atoms with Crippen molar-refractivity contribution in [3.63, 3.8) is 0 Å². The summed E-state index contributed by atoms with van der Waals surface area (Å²) < 4.78 is 26.5. The van der Waals surface area contributed by atoms with Gasteiger partial charge in [-0.15, -0.1) is 0 Å². The van der Waals surface area contributed by atoms with Crippen molar-refractivity contribution in [1.82, 2.24) is 4.98 Å². The molecule has 0 saturated heterocycles. The summed E-state index contributed by atoms with van der Waals surface area (Å²) in [5, 5.41) is 2.33. The first-order chi connectivity index (χ1) is 8.97. The molecule has 0 bridgehead atoms. The highest BCUT2D eigenvalue weighted by Crippen LogP contribution is 2.21. The second-order valence-corrected chi connectivity index (χ2v) is 3.99. The summed E-state index contributed by atoms with van der Waals surface area (Å²) in [6.07, 6.45) is 1.47. The number of nitrogens with zero attached hydrogens (tertiary/aromatic N) is 1. The summed E-state index contributed by atoms with van der Waals surface area (Å²) >= 11 is 0. The van der Waals surface area contributed by atoms with E-state index in [1.54, 1.807) is 13.0 Å². The first-order valence-corrected chi connectivity index (χ1v) is 5.46. The number of amides is 1. The smallest absolute Gasteiger partial charge is 0.255 e. The third kappa shape index (κ3) is 2.85. The lowest BCUT2D eigenvalue weighted by Gasteiger charge is -2.08. The lowest BCUT2D eigenvalue weighted by molar-refractivity contribution is 0.102. The molecule has 0 spiro atoms. The maximum atomic E-state index is 13.5. The predicted molar refractivity (Wildman–Crippen MR) is 67.7 cm³/mol. The third-order valence-corrected chi connectivity index (χ3v) is 2.49. The van der Waals surface area contributed by atoms with Gasteiger partial charge in [0.15, 0.2) is 0 Å². The molecular weight excluding hydrogens is 252 g/mol. The van der Waals surface area contributed by atoms with Gasteiger partial charge in [-0.3, -0.25) is 9.78 Å². The summed E-state index contributed by atoms with van der Waals surface area (Å²) in [5.41, 5.74) is 5.91. The van der Waals surface area contributed by atoms with Gasteiger partial charge < -0.3 is 11.1 Å². The summed E-state index contributed by atoms with van der Waals surface area (Å²) in [7, 11) is 0. The van der Waals surface area contributed by atoms with Crippen LogP contribution in [0.3, 0.4) is 0 Å². The quantitative estimate of drug-likeness (QED) is 0.818. The lowest BCUT2D eigenvalue weighted by Crippen LogP contribution is -2.14. The van der Waals surface area contributed by atoms with E-state index in [9.17, 15) is 13.6 Å². The Morgan fingerprint density at radius 1 is 1.26 bits per heavy atom. The number of carbonyl (C=O) groups excluding carboxylic acids is 1. The zero-order chi connectivity index (χ0) is 14.0. The van der Waals surface area contributed by atoms with Crippen LogP contribution in [0.5, 0.6) is 0 Å². The van der Waals surface area contributed by atoms with E-state index in [1.165, 1.54) is 12.3 Å². The van der Waals surface area contributed by atoms with Gasteiger partial charge in [0.1, 0.15) is 11.6 Å². The van der Waals surface area contributed by atoms with Gasteiger partial charge in [-0.1, -0.05) is 0 Å². The minimum Gasteiger partial charge on any atom is -0.396 e. The minimum absolute atomic E-state index is 0.168. The number of hydrogen-bond donors (Lipinski definition) is 2. The summed E-state index contributed by atoms with van der Waals surface area (Å²) in [4.78, 5) is 15.8. The van der Waals surface area contributed by atoms with Crippen LogP contribution in [0.15, 0.2) is 30.5 Å². The highest BCUT2D eigenvalue weighted by Gasteiger charge is 2.12. The Morgan fingerprint density at radius 3 is 2.68 bits per heavy atom. The summed E-state index contributed by atoms with van der Waals surface area (Å²) in [6, 6.07) is 4.71. The van der Waals surface area contributed by atoms with Crippen molar-refractivity contribution in [3.05, 3.63) is 53.4 Å². The van der Waals surface area contributed by atoms with Gasteiger partial charge in [0.25, 0.3) is 5.91 Å². The number of aromatic nitrogens is 1. The predicted octanol–water partition coefficient (Wildman–Crippen LogP) is 2.50. The van der Waals surface area contributed by atoms with Crippen LogP contribution in [0.2, 0.25) is 0 Å². The highest BCUT2D eigenvalue weighted by atomic mass is 19.1. The summed E-state index contributed by atoms with van der Waals surface area (Å²) in [5.74, 6) is -2.27.